The van der Waals surface area contributed by atoms with Crippen molar-refractivity contribution in [3.8, 4) is 0 Å². The number of carbonyl (C=O) groups excluding carboxylic acids is 2. The minimum absolute atomic E-state index is 0.0576. The molecule has 0 aromatic carbocycles. The van der Waals surface area contributed by atoms with Crippen LogP contribution in [0.3, 0.4) is 0 Å². The summed E-state index contributed by atoms with van der Waals surface area (Å²) in [6.07, 6.45) is 4.71. The van der Waals surface area contributed by atoms with E-state index in [0.717, 1.165) is 12.8 Å². The topological polar surface area (TPSA) is 84.2 Å². The van der Waals surface area contributed by atoms with Gasteiger partial charge in [-0.1, -0.05) is 32.0 Å². The van der Waals surface area contributed by atoms with Crippen molar-refractivity contribution in [2.45, 2.75) is 32.6 Å². The molecule has 4 N–H and O–H groups in total. The lowest BCUT2D eigenvalue weighted by atomic mass is 9.82. The average molecular weight is 271 g/mol. The number of rotatable bonds is 4. The van der Waals surface area contributed by atoms with E-state index in [0.29, 0.717) is 18.4 Å². The summed E-state index contributed by atoms with van der Waals surface area (Å²) in [7, 11) is 0. The van der Waals surface area contributed by atoms with Gasteiger partial charge in [0.2, 0.25) is 0 Å². The number of hydrogen-bond donors (Lipinski definition) is 3. The molecule has 0 bridgehead atoms. The zero-order valence-electron chi connectivity index (χ0n) is 10.7. The molecule has 2 unspecified atom stereocenters. The molecular formula is C12H21N3O2S. The first-order valence-corrected chi connectivity index (χ1v) is 6.74. The highest BCUT2D eigenvalue weighted by molar-refractivity contribution is 7.80. The average Bonchev–Trinajstić information content (AvgIpc) is 2.33. The van der Waals surface area contributed by atoms with Crippen LogP contribution in [-0.4, -0.2) is 29.9 Å². The van der Waals surface area contributed by atoms with E-state index in [-0.39, 0.29) is 11.5 Å². The lowest BCUT2D eigenvalue weighted by Gasteiger charge is -2.26. The molecule has 0 heterocycles. The zero-order chi connectivity index (χ0) is 13.5. The van der Waals surface area contributed by atoms with Gasteiger partial charge in [-0.25, -0.2) is 0 Å². The Balaban J connectivity index is 2.23. The van der Waals surface area contributed by atoms with E-state index >= 15 is 0 Å². The van der Waals surface area contributed by atoms with Crippen LogP contribution in [0, 0.1) is 11.8 Å². The Bertz CT molecular complexity index is 333. The Morgan fingerprint density at radius 3 is 2.56 bits per heavy atom. The summed E-state index contributed by atoms with van der Waals surface area (Å²) in [6.45, 7) is 2.86. The molecule has 1 aliphatic rings. The molecule has 5 nitrogen and oxygen atoms in total. The van der Waals surface area contributed by atoms with Crippen molar-refractivity contribution < 1.29 is 9.59 Å². The molecule has 0 saturated heterocycles. The van der Waals surface area contributed by atoms with E-state index in [1.54, 1.807) is 0 Å². The number of nitrogens with one attached hydrogen (secondary N) is 2. The number of thiocarbonyl (C=S) groups is 1. The van der Waals surface area contributed by atoms with Gasteiger partial charge in [0.1, 0.15) is 0 Å². The molecule has 1 aliphatic carbocycles. The highest BCUT2D eigenvalue weighted by Crippen LogP contribution is 2.27. The van der Waals surface area contributed by atoms with E-state index in [1.807, 2.05) is 0 Å². The molecule has 2 amide bonds. The van der Waals surface area contributed by atoms with Crippen molar-refractivity contribution in [3.05, 3.63) is 0 Å². The van der Waals surface area contributed by atoms with Gasteiger partial charge < -0.3 is 16.4 Å². The Morgan fingerprint density at radius 1 is 1.28 bits per heavy atom. The molecule has 102 valence electrons. The van der Waals surface area contributed by atoms with Gasteiger partial charge in [-0.2, -0.15) is 0 Å². The molecule has 18 heavy (non-hydrogen) atoms. The van der Waals surface area contributed by atoms with E-state index in [9.17, 15) is 9.59 Å². The molecule has 1 rings (SSSR count). The fourth-order valence-corrected chi connectivity index (χ4v) is 2.38. The standard InChI is InChI=1S/C12H21N3O2S/c1-8-3-2-4-9(5-8)6-14-11(16)12(17)15-7-10(13)18/h8-9H,2-7H2,1H3,(H2,13,18)(H,14,16)(H,15,17). The van der Waals surface area contributed by atoms with Gasteiger partial charge in [0.25, 0.3) is 0 Å². The fraction of sp³-hybridized carbons (Fsp3) is 0.750. The number of carbonyl (C=O) groups is 2. The predicted molar refractivity (Wildman–Crippen MR) is 73.9 cm³/mol. The monoisotopic (exact) mass is 271 g/mol. The van der Waals surface area contributed by atoms with Crippen molar-refractivity contribution >= 4 is 29.0 Å². The zero-order valence-corrected chi connectivity index (χ0v) is 11.5. The van der Waals surface area contributed by atoms with E-state index in [4.69, 9.17) is 5.73 Å². The van der Waals surface area contributed by atoms with Crippen molar-refractivity contribution in [1.82, 2.24) is 10.6 Å². The second kappa shape index (κ2) is 7.31. The molecule has 0 aromatic rings. The van der Waals surface area contributed by atoms with Gasteiger partial charge in [-0.3, -0.25) is 9.59 Å². The third kappa shape index (κ3) is 5.44. The Labute approximate surface area is 113 Å². The summed E-state index contributed by atoms with van der Waals surface area (Å²) < 4.78 is 0. The molecule has 0 aromatic heterocycles. The van der Waals surface area contributed by atoms with Crippen LogP contribution in [0.15, 0.2) is 0 Å². The molecule has 0 spiro atoms. The fourth-order valence-electron chi connectivity index (χ4n) is 2.31. The van der Waals surface area contributed by atoms with Crippen molar-refractivity contribution in [3.63, 3.8) is 0 Å². The normalized spacial score (nSPS) is 23.2. The minimum atomic E-state index is -0.674. The molecule has 1 fully saturated rings. The lowest BCUT2D eigenvalue weighted by Crippen LogP contribution is -2.44. The van der Waals surface area contributed by atoms with Gasteiger partial charge in [-0.05, 0) is 24.7 Å². The van der Waals surface area contributed by atoms with Crippen LogP contribution < -0.4 is 16.4 Å². The van der Waals surface area contributed by atoms with E-state index in [2.05, 4.69) is 29.8 Å². The molecule has 1 saturated carbocycles. The molecule has 0 radical (unpaired) electrons. The second-order valence-corrected chi connectivity index (χ2v) is 5.52. The van der Waals surface area contributed by atoms with Crippen LogP contribution in [0.4, 0.5) is 0 Å². The summed E-state index contributed by atoms with van der Waals surface area (Å²) in [5, 5.41) is 5.02. The highest BCUT2D eigenvalue weighted by Gasteiger charge is 2.20. The maximum atomic E-state index is 11.5. The second-order valence-electron chi connectivity index (χ2n) is 5.00. The Kier molecular flexibility index (Phi) is 6.04. The third-order valence-corrected chi connectivity index (χ3v) is 3.37. The van der Waals surface area contributed by atoms with E-state index < -0.39 is 11.8 Å². The van der Waals surface area contributed by atoms with E-state index in [1.165, 1.54) is 12.8 Å². The van der Waals surface area contributed by atoms with Gasteiger partial charge >= 0.3 is 11.8 Å². The van der Waals surface area contributed by atoms with Gasteiger partial charge in [0.05, 0.1) is 11.5 Å². The summed E-state index contributed by atoms with van der Waals surface area (Å²) >= 11 is 4.61. The first-order chi connectivity index (χ1) is 8.49. The quantitative estimate of drug-likeness (QED) is 0.508. The van der Waals surface area contributed by atoms with Crippen LogP contribution in [0.1, 0.15) is 32.6 Å². The Morgan fingerprint density at radius 2 is 1.94 bits per heavy atom. The number of hydrogen-bond acceptors (Lipinski definition) is 3. The molecule has 6 heteroatoms. The first-order valence-electron chi connectivity index (χ1n) is 6.33. The number of amides is 2. The first kappa shape index (κ1) is 14.9. The van der Waals surface area contributed by atoms with Crippen molar-refractivity contribution in [1.29, 1.82) is 0 Å². The van der Waals surface area contributed by atoms with Crippen LogP contribution in [-0.2, 0) is 9.59 Å². The molecule has 0 aliphatic heterocycles. The molecule has 2 atom stereocenters. The van der Waals surface area contributed by atoms with Crippen LogP contribution >= 0.6 is 12.2 Å². The van der Waals surface area contributed by atoms with Crippen LogP contribution in [0.2, 0.25) is 0 Å². The number of nitrogens with two attached hydrogens (primary N) is 1. The van der Waals surface area contributed by atoms with Crippen molar-refractivity contribution in [2.75, 3.05) is 13.1 Å². The lowest BCUT2D eigenvalue weighted by molar-refractivity contribution is -0.139. The van der Waals surface area contributed by atoms with Crippen molar-refractivity contribution in [2.24, 2.45) is 17.6 Å². The maximum Gasteiger partial charge on any atom is 0.309 e. The Hall–Kier alpha value is -1.17. The van der Waals surface area contributed by atoms with Gasteiger partial charge in [-0.15, -0.1) is 0 Å². The minimum Gasteiger partial charge on any atom is -0.392 e. The SMILES string of the molecule is CC1CCCC(CNC(=O)C(=O)NCC(N)=S)C1. The third-order valence-electron chi connectivity index (χ3n) is 3.23. The van der Waals surface area contributed by atoms with Gasteiger partial charge in [0, 0.05) is 6.54 Å². The summed E-state index contributed by atoms with van der Waals surface area (Å²) in [5.74, 6) is -0.0821. The predicted octanol–water partition coefficient (Wildman–Crippen LogP) is 0.331. The van der Waals surface area contributed by atoms with Gasteiger partial charge in [0.15, 0.2) is 0 Å². The highest BCUT2D eigenvalue weighted by atomic mass is 32.1. The summed E-state index contributed by atoms with van der Waals surface area (Å²) in [4.78, 5) is 23.0. The summed E-state index contributed by atoms with van der Waals surface area (Å²) in [5.41, 5.74) is 5.23. The largest absolute Gasteiger partial charge is 0.392 e. The maximum absolute atomic E-state index is 11.5. The van der Waals surface area contributed by atoms with Crippen LogP contribution in [0.25, 0.3) is 0 Å². The smallest absolute Gasteiger partial charge is 0.309 e. The van der Waals surface area contributed by atoms with Crippen LogP contribution in [0.5, 0.6) is 0 Å². The summed E-state index contributed by atoms with van der Waals surface area (Å²) in [6, 6.07) is 0. The molecular weight excluding hydrogens is 250 g/mol.